The van der Waals surface area contributed by atoms with Gasteiger partial charge in [-0.2, -0.15) is 0 Å². The summed E-state index contributed by atoms with van der Waals surface area (Å²) in [5.74, 6) is 1.42. The van der Waals surface area contributed by atoms with Crippen molar-refractivity contribution in [2.24, 2.45) is 5.92 Å². The van der Waals surface area contributed by atoms with Crippen molar-refractivity contribution in [2.75, 3.05) is 32.9 Å². The molecule has 0 saturated carbocycles. The lowest BCUT2D eigenvalue weighted by atomic mass is 10.0. The molecule has 0 radical (unpaired) electrons. The molecule has 0 aromatic heterocycles. The molecular formula is C17H27NO3. The van der Waals surface area contributed by atoms with Crippen molar-refractivity contribution in [3.63, 3.8) is 0 Å². The molecule has 2 unspecified atom stereocenters. The summed E-state index contributed by atoms with van der Waals surface area (Å²) in [7, 11) is 0. The Kier molecular flexibility index (Phi) is 6.49. The highest BCUT2D eigenvalue weighted by Gasteiger charge is 2.14. The first kappa shape index (κ1) is 16.3. The Balaban J connectivity index is 1.63. The Labute approximate surface area is 127 Å². The van der Waals surface area contributed by atoms with Gasteiger partial charge in [-0.1, -0.05) is 17.7 Å². The summed E-state index contributed by atoms with van der Waals surface area (Å²) in [5.41, 5.74) is 2.33. The standard InChI is InChI=1S/C17H27NO3/c1-13-5-6-17(14(2)8-13)21-12-16(19)10-18-9-15-4-3-7-20-11-15/h5-6,8,15-16,18-19H,3-4,7,9-12H2,1-2H3. The maximum absolute atomic E-state index is 9.97. The van der Waals surface area contributed by atoms with E-state index in [1.165, 1.54) is 12.0 Å². The molecule has 0 amide bonds. The van der Waals surface area contributed by atoms with E-state index in [-0.39, 0.29) is 0 Å². The second-order valence-electron chi connectivity index (χ2n) is 5.98. The highest BCUT2D eigenvalue weighted by atomic mass is 16.5. The lowest BCUT2D eigenvalue weighted by molar-refractivity contribution is 0.0515. The van der Waals surface area contributed by atoms with Crippen LogP contribution in [0.5, 0.6) is 5.75 Å². The maximum Gasteiger partial charge on any atom is 0.122 e. The summed E-state index contributed by atoms with van der Waals surface area (Å²) >= 11 is 0. The highest BCUT2D eigenvalue weighted by molar-refractivity contribution is 5.35. The summed E-state index contributed by atoms with van der Waals surface area (Å²) in [6.45, 7) is 7.59. The predicted molar refractivity (Wildman–Crippen MR) is 83.8 cm³/mol. The lowest BCUT2D eigenvalue weighted by Gasteiger charge is -2.23. The van der Waals surface area contributed by atoms with Crippen LogP contribution < -0.4 is 10.1 Å². The molecule has 2 rings (SSSR count). The molecule has 2 atom stereocenters. The van der Waals surface area contributed by atoms with Crippen molar-refractivity contribution in [1.82, 2.24) is 5.32 Å². The molecule has 4 nitrogen and oxygen atoms in total. The van der Waals surface area contributed by atoms with E-state index in [1.807, 2.05) is 19.1 Å². The number of hydrogen-bond donors (Lipinski definition) is 2. The minimum absolute atomic E-state index is 0.318. The molecule has 1 saturated heterocycles. The summed E-state index contributed by atoms with van der Waals surface area (Å²) in [5, 5.41) is 13.3. The fourth-order valence-electron chi connectivity index (χ4n) is 2.63. The van der Waals surface area contributed by atoms with Crippen LogP contribution in [0.25, 0.3) is 0 Å². The number of ether oxygens (including phenoxy) is 2. The first-order valence-corrected chi connectivity index (χ1v) is 7.81. The van der Waals surface area contributed by atoms with E-state index in [0.717, 1.165) is 37.5 Å². The van der Waals surface area contributed by atoms with E-state index in [0.29, 0.717) is 19.1 Å². The van der Waals surface area contributed by atoms with Gasteiger partial charge in [0.15, 0.2) is 0 Å². The van der Waals surface area contributed by atoms with Crippen LogP contribution in [-0.2, 0) is 4.74 Å². The third-order valence-corrected chi connectivity index (χ3v) is 3.83. The van der Waals surface area contributed by atoms with E-state index in [2.05, 4.69) is 18.3 Å². The van der Waals surface area contributed by atoms with E-state index in [9.17, 15) is 5.11 Å². The van der Waals surface area contributed by atoms with Crippen molar-refractivity contribution in [3.05, 3.63) is 29.3 Å². The molecule has 0 spiro atoms. The number of rotatable bonds is 7. The smallest absolute Gasteiger partial charge is 0.122 e. The molecule has 118 valence electrons. The molecule has 2 N–H and O–H groups in total. The van der Waals surface area contributed by atoms with Gasteiger partial charge in [-0.3, -0.25) is 0 Å². The molecule has 1 fully saturated rings. The Morgan fingerprint density at radius 1 is 1.43 bits per heavy atom. The number of benzene rings is 1. The fraction of sp³-hybridized carbons (Fsp3) is 0.647. The van der Waals surface area contributed by atoms with Gasteiger partial charge in [-0.25, -0.2) is 0 Å². The van der Waals surface area contributed by atoms with E-state index in [4.69, 9.17) is 9.47 Å². The number of aliphatic hydroxyl groups excluding tert-OH is 1. The first-order valence-electron chi connectivity index (χ1n) is 7.81. The van der Waals surface area contributed by atoms with Crippen LogP contribution in [0.3, 0.4) is 0 Å². The van der Waals surface area contributed by atoms with Crippen molar-refractivity contribution in [2.45, 2.75) is 32.8 Å². The van der Waals surface area contributed by atoms with Gasteiger partial charge in [0, 0.05) is 19.7 Å². The number of aliphatic hydroxyl groups is 1. The second-order valence-corrected chi connectivity index (χ2v) is 5.98. The largest absolute Gasteiger partial charge is 0.491 e. The Morgan fingerprint density at radius 2 is 2.29 bits per heavy atom. The molecule has 21 heavy (non-hydrogen) atoms. The fourth-order valence-corrected chi connectivity index (χ4v) is 2.63. The zero-order chi connectivity index (χ0) is 15.1. The zero-order valence-electron chi connectivity index (χ0n) is 13.1. The average Bonchev–Trinajstić information content (AvgIpc) is 2.47. The Hall–Kier alpha value is -1.10. The first-order chi connectivity index (χ1) is 10.1. The highest BCUT2D eigenvalue weighted by Crippen LogP contribution is 2.18. The molecule has 1 aliphatic rings. The van der Waals surface area contributed by atoms with Gasteiger partial charge in [0.25, 0.3) is 0 Å². The van der Waals surface area contributed by atoms with Gasteiger partial charge < -0.3 is 19.9 Å². The number of hydrogen-bond acceptors (Lipinski definition) is 4. The second kappa shape index (κ2) is 8.37. The van der Waals surface area contributed by atoms with Gasteiger partial charge in [0.1, 0.15) is 18.5 Å². The Morgan fingerprint density at radius 3 is 3.00 bits per heavy atom. The van der Waals surface area contributed by atoms with Crippen molar-refractivity contribution < 1.29 is 14.6 Å². The van der Waals surface area contributed by atoms with Crippen LogP contribution >= 0.6 is 0 Å². The van der Waals surface area contributed by atoms with Gasteiger partial charge in [0.2, 0.25) is 0 Å². The van der Waals surface area contributed by atoms with Crippen LogP contribution in [0.1, 0.15) is 24.0 Å². The minimum Gasteiger partial charge on any atom is -0.491 e. The Bertz CT molecular complexity index is 430. The lowest BCUT2D eigenvalue weighted by Crippen LogP contribution is -2.36. The molecular weight excluding hydrogens is 266 g/mol. The SMILES string of the molecule is Cc1ccc(OCC(O)CNCC2CCCOC2)c(C)c1. The molecule has 4 heteroatoms. The number of aryl methyl sites for hydroxylation is 2. The van der Waals surface area contributed by atoms with Crippen molar-refractivity contribution in [1.29, 1.82) is 0 Å². The molecule has 1 aromatic carbocycles. The monoisotopic (exact) mass is 293 g/mol. The molecule has 1 aromatic rings. The van der Waals surface area contributed by atoms with E-state index in [1.54, 1.807) is 0 Å². The van der Waals surface area contributed by atoms with Crippen molar-refractivity contribution in [3.8, 4) is 5.75 Å². The molecule has 1 heterocycles. The van der Waals surface area contributed by atoms with Crippen LogP contribution in [-0.4, -0.2) is 44.1 Å². The topological polar surface area (TPSA) is 50.7 Å². The normalized spacial score (nSPS) is 20.2. The third kappa shape index (κ3) is 5.65. The predicted octanol–water partition coefficient (Wildman–Crippen LogP) is 2.06. The molecule has 1 aliphatic heterocycles. The van der Waals surface area contributed by atoms with Crippen LogP contribution in [0, 0.1) is 19.8 Å². The summed E-state index contributed by atoms with van der Waals surface area (Å²) in [6, 6.07) is 6.07. The van der Waals surface area contributed by atoms with E-state index < -0.39 is 6.10 Å². The third-order valence-electron chi connectivity index (χ3n) is 3.83. The molecule has 0 aliphatic carbocycles. The van der Waals surface area contributed by atoms with Crippen LogP contribution in [0.4, 0.5) is 0 Å². The van der Waals surface area contributed by atoms with E-state index >= 15 is 0 Å². The zero-order valence-corrected chi connectivity index (χ0v) is 13.1. The van der Waals surface area contributed by atoms with Gasteiger partial charge in [-0.05, 0) is 44.2 Å². The quantitative estimate of drug-likeness (QED) is 0.808. The number of nitrogens with one attached hydrogen (secondary N) is 1. The summed E-state index contributed by atoms with van der Waals surface area (Å²) in [4.78, 5) is 0. The minimum atomic E-state index is -0.491. The maximum atomic E-state index is 9.97. The van der Waals surface area contributed by atoms with Gasteiger partial charge in [0.05, 0.1) is 6.61 Å². The average molecular weight is 293 g/mol. The van der Waals surface area contributed by atoms with Crippen LogP contribution in [0.15, 0.2) is 18.2 Å². The summed E-state index contributed by atoms with van der Waals surface area (Å²) < 4.78 is 11.1. The van der Waals surface area contributed by atoms with Crippen molar-refractivity contribution >= 4 is 0 Å². The van der Waals surface area contributed by atoms with Gasteiger partial charge in [-0.15, -0.1) is 0 Å². The van der Waals surface area contributed by atoms with Crippen LogP contribution in [0.2, 0.25) is 0 Å². The molecule has 0 bridgehead atoms. The summed E-state index contributed by atoms with van der Waals surface area (Å²) in [6.07, 6.45) is 1.86. The van der Waals surface area contributed by atoms with Gasteiger partial charge >= 0.3 is 0 Å².